The van der Waals surface area contributed by atoms with Crippen molar-refractivity contribution in [2.75, 3.05) is 6.61 Å². The highest BCUT2D eigenvalue weighted by molar-refractivity contribution is 5.90. The molecular weight excluding hydrogens is 230 g/mol. The van der Waals surface area contributed by atoms with E-state index in [-0.39, 0.29) is 11.7 Å². The van der Waals surface area contributed by atoms with Gasteiger partial charge in [0.05, 0.1) is 6.61 Å². The molecule has 1 aromatic heterocycles. The normalized spacial score (nSPS) is 32.9. The Hall–Kier alpha value is -1.55. The van der Waals surface area contributed by atoms with Crippen molar-refractivity contribution in [3.05, 3.63) is 12.2 Å². The van der Waals surface area contributed by atoms with Crippen LogP contribution in [0.25, 0.3) is 0 Å². The van der Waals surface area contributed by atoms with E-state index in [1.807, 2.05) is 0 Å². The van der Waals surface area contributed by atoms with Crippen LogP contribution < -0.4 is 5.73 Å². The molecule has 0 amide bonds. The Balaban J connectivity index is 2.19. The van der Waals surface area contributed by atoms with Gasteiger partial charge in [-0.05, 0) is 0 Å². The number of amidine groups is 1. The summed E-state index contributed by atoms with van der Waals surface area (Å²) >= 11 is 0. The van der Waals surface area contributed by atoms with E-state index in [1.54, 1.807) is 0 Å². The number of rotatable bonds is 3. The Morgan fingerprint density at radius 3 is 2.71 bits per heavy atom. The van der Waals surface area contributed by atoms with Crippen LogP contribution in [0.5, 0.6) is 0 Å². The van der Waals surface area contributed by atoms with Gasteiger partial charge in [0.25, 0.3) is 0 Å². The fourth-order valence-electron chi connectivity index (χ4n) is 1.62. The SMILES string of the molecule is N=C(N)c1ncn(C2O[C@H](CO)[C@H](O)[C@H]2O)n1. The minimum absolute atomic E-state index is 0.00254. The van der Waals surface area contributed by atoms with Crippen molar-refractivity contribution >= 4 is 5.84 Å². The highest BCUT2D eigenvalue weighted by atomic mass is 16.6. The number of aliphatic hydroxyl groups is 3. The molecule has 9 heteroatoms. The molecule has 2 heterocycles. The van der Waals surface area contributed by atoms with E-state index in [9.17, 15) is 10.2 Å². The van der Waals surface area contributed by atoms with E-state index in [1.165, 1.54) is 6.33 Å². The molecule has 6 N–H and O–H groups in total. The van der Waals surface area contributed by atoms with Crippen LogP contribution in [0, 0.1) is 5.41 Å². The molecule has 0 radical (unpaired) electrons. The lowest BCUT2D eigenvalue weighted by Crippen LogP contribution is -2.33. The van der Waals surface area contributed by atoms with Crippen LogP contribution >= 0.6 is 0 Å². The summed E-state index contributed by atoms with van der Waals surface area (Å²) in [4.78, 5) is 3.74. The van der Waals surface area contributed by atoms with Crippen molar-refractivity contribution in [1.29, 1.82) is 5.41 Å². The number of nitrogens with one attached hydrogen (secondary N) is 1. The number of nitrogens with two attached hydrogens (primary N) is 1. The molecule has 1 unspecified atom stereocenters. The number of hydrogen-bond donors (Lipinski definition) is 5. The van der Waals surface area contributed by atoms with E-state index in [2.05, 4.69) is 10.1 Å². The van der Waals surface area contributed by atoms with Gasteiger partial charge in [-0.2, -0.15) is 0 Å². The minimum atomic E-state index is -1.23. The lowest BCUT2D eigenvalue weighted by atomic mass is 10.1. The molecule has 4 atom stereocenters. The van der Waals surface area contributed by atoms with Gasteiger partial charge in [0.2, 0.25) is 5.82 Å². The molecule has 0 aromatic carbocycles. The van der Waals surface area contributed by atoms with Gasteiger partial charge >= 0.3 is 0 Å². The fraction of sp³-hybridized carbons (Fsp3) is 0.625. The number of hydrogen-bond acceptors (Lipinski definition) is 7. The summed E-state index contributed by atoms with van der Waals surface area (Å²) in [6.07, 6.45) is -3.02. The standard InChI is InChI=1S/C8H13N5O4/c9-6(10)7-11-2-13(12-7)8-5(16)4(15)3(1-14)17-8/h2-5,8,14-16H,1H2,(H3,9,10)/t3-,4+,5-,8?/m1/s1. The third-order valence-corrected chi connectivity index (χ3v) is 2.53. The first-order valence-electron chi connectivity index (χ1n) is 4.92. The average Bonchev–Trinajstić information content (AvgIpc) is 2.87. The van der Waals surface area contributed by atoms with Gasteiger partial charge in [-0.1, -0.05) is 0 Å². The van der Waals surface area contributed by atoms with Crippen LogP contribution in [0.15, 0.2) is 6.33 Å². The molecule has 0 saturated carbocycles. The van der Waals surface area contributed by atoms with Crippen molar-refractivity contribution in [3.8, 4) is 0 Å². The predicted molar refractivity (Wildman–Crippen MR) is 54.0 cm³/mol. The van der Waals surface area contributed by atoms with Crippen LogP contribution in [0.4, 0.5) is 0 Å². The third kappa shape index (κ3) is 2.00. The molecule has 17 heavy (non-hydrogen) atoms. The first-order chi connectivity index (χ1) is 8.04. The summed E-state index contributed by atoms with van der Waals surface area (Å²) in [7, 11) is 0. The van der Waals surface area contributed by atoms with Crippen molar-refractivity contribution < 1.29 is 20.1 Å². The predicted octanol–water partition coefficient (Wildman–Crippen LogP) is -2.83. The minimum Gasteiger partial charge on any atom is -0.394 e. The summed E-state index contributed by atoms with van der Waals surface area (Å²) in [6.45, 7) is -0.414. The highest BCUT2D eigenvalue weighted by Crippen LogP contribution is 2.28. The lowest BCUT2D eigenvalue weighted by Gasteiger charge is -2.13. The maximum Gasteiger partial charge on any atom is 0.215 e. The first kappa shape index (κ1) is 11.9. The van der Waals surface area contributed by atoms with E-state index in [4.69, 9.17) is 21.0 Å². The Labute approximate surface area is 96.0 Å². The zero-order chi connectivity index (χ0) is 12.6. The van der Waals surface area contributed by atoms with Crippen molar-refractivity contribution in [2.24, 2.45) is 5.73 Å². The van der Waals surface area contributed by atoms with Gasteiger partial charge in [0.15, 0.2) is 12.1 Å². The molecular formula is C8H13N5O4. The second-order valence-corrected chi connectivity index (χ2v) is 3.69. The van der Waals surface area contributed by atoms with Gasteiger partial charge in [-0.25, -0.2) is 9.67 Å². The molecule has 0 aliphatic carbocycles. The molecule has 1 aliphatic heterocycles. The summed E-state index contributed by atoms with van der Waals surface area (Å²) in [6, 6.07) is 0. The summed E-state index contributed by atoms with van der Waals surface area (Å²) in [5, 5.41) is 39.1. The van der Waals surface area contributed by atoms with Gasteiger partial charge in [0.1, 0.15) is 24.6 Å². The zero-order valence-electron chi connectivity index (χ0n) is 8.76. The van der Waals surface area contributed by atoms with Gasteiger partial charge in [0, 0.05) is 0 Å². The van der Waals surface area contributed by atoms with Crippen LogP contribution in [0.2, 0.25) is 0 Å². The number of nitrogens with zero attached hydrogens (tertiary/aromatic N) is 3. The van der Waals surface area contributed by atoms with E-state index < -0.39 is 31.1 Å². The lowest BCUT2D eigenvalue weighted by molar-refractivity contribution is -0.0588. The van der Waals surface area contributed by atoms with Crippen LogP contribution in [-0.2, 0) is 4.74 Å². The molecule has 9 nitrogen and oxygen atoms in total. The van der Waals surface area contributed by atoms with E-state index >= 15 is 0 Å². The molecule has 0 spiro atoms. The topological polar surface area (TPSA) is 150 Å². The van der Waals surface area contributed by atoms with Crippen molar-refractivity contribution in [1.82, 2.24) is 14.8 Å². The largest absolute Gasteiger partial charge is 0.394 e. The number of aromatic nitrogens is 3. The number of aliphatic hydroxyl groups excluding tert-OH is 3. The van der Waals surface area contributed by atoms with E-state index in [0.717, 1.165) is 4.68 Å². The molecule has 1 aromatic rings. The first-order valence-corrected chi connectivity index (χ1v) is 4.92. The number of nitrogen functional groups attached to an aromatic ring is 1. The maximum atomic E-state index is 9.70. The summed E-state index contributed by atoms with van der Waals surface area (Å²) < 4.78 is 6.37. The maximum absolute atomic E-state index is 9.70. The van der Waals surface area contributed by atoms with Gasteiger partial charge < -0.3 is 25.8 Å². The molecule has 1 fully saturated rings. The van der Waals surface area contributed by atoms with E-state index in [0.29, 0.717) is 0 Å². The summed E-state index contributed by atoms with van der Waals surface area (Å²) in [5.41, 5.74) is 5.19. The molecule has 1 aliphatic rings. The Kier molecular flexibility index (Phi) is 3.07. The molecule has 1 saturated heterocycles. The van der Waals surface area contributed by atoms with Gasteiger partial charge in [-0.15, -0.1) is 5.10 Å². The fourth-order valence-corrected chi connectivity index (χ4v) is 1.62. The second-order valence-electron chi connectivity index (χ2n) is 3.69. The van der Waals surface area contributed by atoms with Crippen LogP contribution in [-0.4, -0.2) is 60.8 Å². The number of ether oxygens (including phenoxy) is 1. The van der Waals surface area contributed by atoms with Crippen molar-refractivity contribution in [3.63, 3.8) is 0 Å². The molecule has 0 bridgehead atoms. The highest BCUT2D eigenvalue weighted by Gasteiger charge is 2.43. The molecule has 2 rings (SSSR count). The third-order valence-electron chi connectivity index (χ3n) is 2.53. The molecule has 94 valence electrons. The van der Waals surface area contributed by atoms with Gasteiger partial charge in [-0.3, -0.25) is 5.41 Å². The second kappa shape index (κ2) is 4.37. The Bertz CT molecular complexity index is 422. The quantitative estimate of drug-likeness (QED) is 0.283. The smallest absolute Gasteiger partial charge is 0.215 e. The summed E-state index contributed by atoms with van der Waals surface area (Å²) in [5.74, 6) is -0.307. The average molecular weight is 243 g/mol. The Morgan fingerprint density at radius 2 is 2.24 bits per heavy atom. The monoisotopic (exact) mass is 243 g/mol. The Morgan fingerprint density at radius 1 is 1.53 bits per heavy atom. The van der Waals surface area contributed by atoms with Crippen LogP contribution in [0.3, 0.4) is 0 Å². The van der Waals surface area contributed by atoms with Crippen LogP contribution in [0.1, 0.15) is 12.1 Å². The van der Waals surface area contributed by atoms with Crippen molar-refractivity contribution in [2.45, 2.75) is 24.5 Å². The zero-order valence-corrected chi connectivity index (χ0v) is 8.76.